The summed E-state index contributed by atoms with van der Waals surface area (Å²) in [5.74, 6) is 0. The predicted molar refractivity (Wildman–Crippen MR) is 53.3 cm³/mol. The van der Waals surface area contributed by atoms with Crippen LogP contribution in [-0.2, 0) is 4.74 Å². The first kappa shape index (κ1) is 11.4. The normalized spacial score (nSPS) is 12.4. The Morgan fingerprint density at radius 1 is 1.42 bits per heavy atom. The lowest BCUT2D eigenvalue weighted by molar-refractivity contribution is 0.0701. The van der Waals surface area contributed by atoms with Crippen LogP contribution in [0.25, 0.3) is 0 Å². The van der Waals surface area contributed by atoms with E-state index >= 15 is 0 Å². The molecule has 0 aromatic rings. The Morgan fingerprint density at radius 2 is 2.17 bits per heavy atom. The summed E-state index contributed by atoms with van der Waals surface area (Å²) in [6.45, 7) is 11.8. The molecule has 0 spiro atoms. The van der Waals surface area contributed by atoms with Crippen molar-refractivity contribution in [3.63, 3.8) is 0 Å². The van der Waals surface area contributed by atoms with Crippen LogP contribution in [0, 0.1) is 0 Å². The van der Waals surface area contributed by atoms with Crippen molar-refractivity contribution in [1.29, 1.82) is 0 Å². The fourth-order valence-electron chi connectivity index (χ4n) is 0.800. The van der Waals surface area contributed by atoms with Crippen molar-refractivity contribution in [1.82, 2.24) is 5.32 Å². The molecule has 0 saturated carbocycles. The molecule has 1 N–H and O–H groups in total. The van der Waals surface area contributed by atoms with Crippen LogP contribution >= 0.6 is 0 Å². The Kier molecular flexibility index (Phi) is 8.07. The van der Waals surface area contributed by atoms with Crippen molar-refractivity contribution in [2.24, 2.45) is 0 Å². The Bertz CT molecular complexity index is 109. The van der Waals surface area contributed by atoms with E-state index in [2.05, 4.69) is 25.4 Å². The van der Waals surface area contributed by atoms with Crippen LogP contribution in [0.5, 0.6) is 0 Å². The van der Waals surface area contributed by atoms with Gasteiger partial charge in [-0.25, -0.2) is 0 Å². The van der Waals surface area contributed by atoms with E-state index in [-0.39, 0.29) is 6.10 Å². The lowest BCUT2D eigenvalue weighted by Crippen LogP contribution is -2.27. The second-order valence-electron chi connectivity index (χ2n) is 2.71. The van der Waals surface area contributed by atoms with Gasteiger partial charge in [0.25, 0.3) is 0 Å². The van der Waals surface area contributed by atoms with Crippen molar-refractivity contribution >= 4 is 0 Å². The summed E-state index contributed by atoms with van der Waals surface area (Å²) in [5.41, 5.74) is 0. The van der Waals surface area contributed by atoms with Crippen molar-refractivity contribution < 1.29 is 4.74 Å². The molecule has 0 aliphatic rings. The van der Waals surface area contributed by atoms with Crippen LogP contribution in [0.15, 0.2) is 25.3 Å². The number of hydrogen-bond acceptors (Lipinski definition) is 2. The molecule has 1 atom stereocenters. The van der Waals surface area contributed by atoms with Crippen LogP contribution < -0.4 is 5.32 Å². The Hall–Kier alpha value is -0.600. The average molecular weight is 169 g/mol. The maximum Gasteiger partial charge on any atom is 0.0671 e. The number of ether oxygens (including phenoxy) is 1. The highest BCUT2D eigenvalue weighted by Crippen LogP contribution is 1.91. The first-order valence-electron chi connectivity index (χ1n) is 4.35. The largest absolute Gasteiger partial charge is 0.377 e. The summed E-state index contributed by atoms with van der Waals surface area (Å²) in [6.07, 6.45) is 4.90. The van der Waals surface area contributed by atoms with Gasteiger partial charge < -0.3 is 10.1 Å². The Labute approximate surface area is 75.3 Å². The molecule has 0 fully saturated rings. The molecule has 0 heterocycles. The van der Waals surface area contributed by atoms with Gasteiger partial charge in [0, 0.05) is 13.1 Å². The molecule has 2 heteroatoms. The van der Waals surface area contributed by atoms with E-state index in [1.54, 1.807) is 0 Å². The zero-order chi connectivity index (χ0) is 9.23. The highest BCUT2D eigenvalue weighted by Gasteiger charge is 1.98. The van der Waals surface area contributed by atoms with Crippen LogP contribution in [0.2, 0.25) is 0 Å². The van der Waals surface area contributed by atoms with Gasteiger partial charge in [-0.05, 0) is 13.3 Å². The summed E-state index contributed by atoms with van der Waals surface area (Å²) < 4.78 is 5.46. The topological polar surface area (TPSA) is 21.3 Å². The first-order valence-corrected chi connectivity index (χ1v) is 4.35. The van der Waals surface area contributed by atoms with Gasteiger partial charge in [-0.3, -0.25) is 0 Å². The quantitative estimate of drug-likeness (QED) is 0.441. The summed E-state index contributed by atoms with van der Waals surface area (Å²) >= 11 is 0. The van der Waals surface area contributed by atoms with Crippen molar-refractivity contribution in [3.05, 3.63) is 25.3 Å². The molecule has 12 heavy (non-hydrogen) atoms. The van der Waals surface area contributed by atoms with Gasteiger partial charge in [0.1, 0.15) is 0 Å². The van der Waals surface area contributed by atoms with Crippen molar-refractivity contribution in [3.8, 4) is 0 Å². The Balaban J connectivity index is 3.14. The third-order valence-electron chi connectivity index (χ3n) is 1.44. The Morgan fingerprint density at radius 3 is 2.75 bits per heavy atom. The summed E-state index contributed by atoms with van der Waals surface area (Å²) in [4.78, 5) is 0. The molecule has 0 bridgehead atoms. The van der Waals surface area contributed by atoms with Gasteiger partial charge in [0.15, 0.2) is 0 Å². The minimum absolute atomic E-state index is 0.268. The molecule has 0 aromatic heterocycles. The minimum Gasteiger partial charge on any atom is -0.377 e. The third kappa shape index (κ3) is 7.51. The molecule has 0 saturated heterocycles. The van der Waals surface area contributed by atoms with Crippen LogP contribution in [-0.4, -0.2) is 25.8 Å². The van der Waals surface area contributed by atoms with Gasteiger partial charge in [0.05, 0.1) is 12.7 Å². The van der Waals surface area contributed by atoms with E-state index in [1.165, 1.54) is 0 Å². The number of hydrogen-bond donors (Lipinski definition) is 1. The van der Waals surface area contributed by atoms with E-state index in [0.29, 0.717) is 0 Å². The molecule has 0 rings (SSSR count). The predicted octanol–water partition coefficient (Wildman–Crippen LogP) is 1.74. The number of rotatable bonds is 8. The van der Waals surface area contributed by atoms with Crippen molar-refractivity contribution in [2.45, 2.75) is 19.4 Å². The van der Waals surface area contributed by atoms with Crippen molar-refractivity contribution in [2.75, 3.05) is 19.7 Å². The molecule has 0 radical (unpaired) electrons. The maximum absolute atomic E-state index is 5.46. The molecule has 1 unspecified atom stereocenters. The molecular weight excluding hydrogens is 150 g/mol. The lowest BCUT2D eigenvalue weighted by atomic mass is 10.4. The van der Waals surface area contributed by atoms with Gasteiger partial charge in [-0.2, -0.15) is 0 Å². The smallest absolute Gasteiger partial charge is 0.0671 e. The molecular formula is C10H19NO. The van der Waals surface area contributed by atoms with E-state index in [0.717, 1.165) is 26.1 Å². The zero-order valence-corrected chi connectivity index (χ0v) is 7.88. The van der Waals surface area contributed by atoms with Crippen LogP contribution in [0.3, 0.4) is 0 Å². The van der Waals surface area contributed by atoms with E-state index in [4.69, 9.17) is 4.74 Å². The summed E-state index contributed by atoms with van der Waals surface area (Å²) in [6, 6.07) is 0. The molecule has 0 aromatic carbocycles. The average Bonchev–Trinajstić information content (AvgIpc) is 2.06. The van der Waals surface area contributed by atoms with Gasteiger partial charge in [-0.15, -0.1) is 13.2 Å². The molecule has 0 amide bonds. The SMILES string of the molecule is C=CCCOC(C)CNCC=C. The fourth-order valence-corrected chi connectivity index (χ4v) is 0.800. The maximum atomic E-state index is 5.46. The fraction of sp³-hybridized carbons (Fsp3) is 0.600. The van der Waals surface area contributed by atoms with E-state index < -0.39 is 0 Å². The first-order chi connectivity index (χ1) is 5.81. The van der Waals surface area contributed by atoms with E-state index in [9.17, 15) is 0 Å². The number of nitrogens with one attached hydrogen (secondary N) is 1. The molecule has 2 nitrogen and oxygen atoms in total. The van der Waals surface area contributed by atoms with Crippen LogP contribution in [0.4, 0.5) is 0 Å². The lowest BCUT2D eigenvalue weighted by Gasteiger charge is -2.12. The summed E-state index contributed by atoms with van der Waals surface area (Å²) in [5, 5.41) is 3.19. The van der Waals surface area contributed by atoms with E-state index in [1.807, 2.05) is 12.2 Å². The van der Waals surface area contributed by atoms with Gasteiger partial charge >= 0.3 is 0 Å². The monoisotopic (exact) mass is 169 g/mol. The van der Waals surface area contributed by atoms with Gasteiger partial charge in [0.2, 0.25) is 0 Å². The minimum atomic E-state index is 0.268. The summed E-state index contributed by atoms with van der Waals surface area (Å²) in [7, 11) is 0. The highest BCUT2D eigenvalue weighted by molar-refractivity contribution is 4.71. The van der Waals surface area contributed by atoms with Crippen LogP contribution in [0.1, 0.15) is 13.3 Å². The molecule has 0 aliphatic carbocycles. The second kappa shape index (κ2) is 8.50. The third-order valence-corrected chi connectivity index (χ3v) is 1.44. The molecule has 0 aliphatic heterocycles. The zero-order valence-electron chi connectivity index (χ0n) is 7.88. The second-order valence-corrected chi connectivity index (χ2v) is 2.71. The highest BCUT2D eigenvalue weighted by atomic mass is 16.5. The molecule has 70 valence electrons. The standard InChI is InChI=1S/C10H19NO/c1-4-6-8-12-10(3)9-11-7-5-2/h4-5,10-11H,1-2,6-9H2,3H3. The van der Waals surface area contributed by atoms with Gasteiger partial charge in [-0.1, -0.05) is 12.2 Å².